The Labute approximate surface area is 127 Å². The van der Waals surface area contributed by atoms with E-state index >= 15 is 0 Å². The summed E-state index contributed by atoms with van der Waals surface area (Å²) in [5.41, 5.74) is 3.50. The fraction of sp³-hybridized carbons (Fsp3) is 0.765. The van der Waals surface area contributed by atoms with Gasteiger partial charge in [-0.3, -0.25) is 0 Å². The van der Waals surface area contributed by atoms with E-state index in [1.165, 1.54) is 29.8 Å². The van der Waals surface area contributed by atoms with Gasteiger partial charge >= 0.3 is 0 Å². The van der Waals surface area contributed by atoms with Gasteiger partial charge in [0.2, 0.25) is 0 Å². The predicted octanol–water partition coefficient (Wildman–Crippen LogP) is 3.08. The monoisotopic (exact) mass is 289 g/mol. The highest BCUT2D eigenvalue weighted by atomic mass is 16.5. The average molecular weight is 289 g/mol. The van der Waals surface area contributed by atoms with Crippen molar-refractivity contribution in [3.63, 3.8) is 0 Å². The summed E-state index contributed by atoms with van der Waals surface area (Å²) < 4.78 is 5.96. The Bertz CT molecular complexity index is 507. The molecule has 0 unspecified atom stereocenters. The van der Waals surface area contributed by atoms with Gasteiger partial charge in [0.1, 0.15) is 5.60 Å². The molecule has 21 heavy (non-hydrogen) atoms. The second kappa shape index (κ2) is 6.01. The van der Waals surface area contributed by atoms with Crippen LogP contribution in [0.25, 0.3) is 0 Å². The zero-order chi connectivity index (χ0) is 14.9. The van der Waals surface area contributed by atoms with Crippen molar-refractivity contribution in [1.29, 1.82) is 0 Å². The number of nitrogens with one attached hydrogen (secondary N) is 1. The molecule has 4 nitrogen and oxygen atoms in total. The molecule has 2 heterocycles. The largest absolute Gasteiger partial charge is 0.370 e. The minimum atomic E-state index is -0.257. The minimum absolute atomic E-state index is 0.257. The number of aromatic nitrogens is 2. The van der Waals surface area contributed by atoms with Gasteiger partial charge in [0, 0.05) is 31.5 Å². The molecule has 1 aromatic rings. The summed E-state index contributed by atoms with van der Waals surface area (Å²) in [5, 5.41) is 3.41. The van der Waals surface area contributed by atoms with Crippen LogP contribution in [0, 0.1) is 5.92 Å². The van der Waals surface area contributed by atoms with Crippen LogP contribution >= 0.6 is 0 Å². The van der Waals surface area contributed by atoms with E-state index < -0.39 is 0 Å². The molecule has 0 bridgehead atoms. The predicted molar refractivity (Wildman–Crippen MR) is 82.9 cm³/mol. The molecule has 4 heteroatoms. The van der Waals surface area contributed by atoms with E-state index in [1.54, 1.807) is 0 Å². The molecular weight excluding hydrogens is 262 g/mol. The van der Waals surface area contributed by atoms with E-state index in [0.29, 0.717) is 0 Å². The first kappa shape index (κ1) is 14.9. The van der Waals surface area contributed by atoms with Crippen LogP contribution in [0.15, 0.2) is 0 Å². The normalized spacial score (nSPS) is 28.6. The molecule has 0 atom stereocenters. The van der Waals surface area contributed by atoms with Gasteiger partial charge in [-0.2, -0.15) is 0 Å². The lowest BCUT2D eigenvalue weighted by Crippen LogP contribution is -2.36. The van der Waals surface area contributed by atoms with Crippen molar-refractivity contribution in [1.82, 2.24) is 15.3 Å². The zero-order valence-electron chi connectivity index (χ0n) is 13.5. The zero-order valence-corrected chi connectivity index (χ0v) is 13.5. The second-order valence-corrected chi connectivity index (χ2v) is 6.65. The first-order valence-electron chi connectivity index (χ1n) is 8.33. The molecule has 0 amide bonds. The third-order valence-electron chi connectivity index (χ3n) is 5.14. The summed E-state index contributed by atoms with van der Waals surface area (Å²) in [5.74, 6) is 1.72. The van der Waals surface area contributed by atoms with Crippen molar-refractivity contribution in [2.24, 2.45) is 5.92 Å². The number of fused-ring (bicyclic) bond motifs is 1. The number of methoxy groups -OCH3 is 1. The molecule has 0 aromatic carbocycles. The first-order chi connectivity index (χ1) is 10.2. The third kappa shape index (κ3) is 2.71. The average Bonchev–Trinajstić information content (AvgIpc) is 2.97. The maximum atomic E-state index is 5.96. The highest BCUT2D eigenvalue weighted by molar-refractivity contribution is 5.30. The fourth-order valence-electron chi connectivity index (χ4n) is 3.63. The Morgan fingerprint density at radius 3 is 2.67 bits per heavy atom. The van der Waals surface area contributed by atoms with E-state index in [1.807, 2.05) is 7.11 Å². The SMILES string of the molecule is CCCc1nc(C2(OC)CCC(C)CC2)nc2c1CNC2. The lowest BCUT2D eigenvalue weighted by atomic mass is 9.78. The number of aryl methyl sites for hydroxylation is 1. The minimum Gasteiger partial charge on any atom is -0.370 e. The van der Waals surface area contributed by atoms with Crippen LogP contribution in [0.3, 0.4) is 0 Å². The summed E-state index contributed by atoms with van der Waals surface area (Å²) in [4.78, 5) is 9.84. The Kier molecular flexibility index (Phi) is 4.27. The van der Waals surface area contributed by atoms with Gasteiger partial charge in [0.05, 0.1) is 5.69 Å². The van der Waals surface area contributed by atoms with Crippen molar-refractivity contribution in [2.45, 2.75) is 71.1 Å². The highest BCUT2D eigenvalue weighted by Crippen LogP contribution is 2.41. The number of rotatable bonds is 4. The van der Waals surface area contributed by atoms with Crippen LogP contribution in [0.2, 0.25) is 0 Å². The van der Waals surface area contributed by atoms with Gasteiger partial charge < -0.3 is 10.1 Å². The molecule has 1 aromatic heterocycles. The van der Waals surface area contributed by atoms with Gasteiger partial charge in [-0.25, -0.2) is 9.97 Å². The van der Waals surface area contributed by atoms with Crippen molar-refractivity contribution >= 4 is 0 Å². The van der Waals surface area contributed by atoms with E-state index in [4.69, 9.17) is 14.7 Å². The molecule has 1 saturated carbocycles. The van der Waals surface area contributed by atoms with Gasteiger partial charge in [-0.1, -0.05) is 20.3 Å². The van der Waals surface area contributed by atoms with Gasteiger partial charge in [0.25, 0.3) is 0 Å². The van der Waals surface area contributed by atoms with E-state index in [-0.39, 0.29) is 5.60 Å². The van der Waals surface area contributed by atoms with Gasteiger partial charge in [-0.15, -0.1) is 0 Å². The van der Waals surface area contributed by atoms with E-state index in [9.17, 15) is 0 Å². The molecule has 1 aliphatic heterocycles. The maximum absolute atomic E-state index is 5.96. The topological polar surface area (TPSA) is 47.0 Å². The Morgan fingerprint density at radius 2 is 2.00 bits per heavy atom. The number of ether oxygens (including phenoxy) is 1. The molecule has 0 saturated heterocycles. The molecule has 3 rings (SSSR count). The number of nitrogens with zero attached hydrogens (tertiary/aromatic N) is 2. The summed E-state index contributed by atoms with van der Waals surface area (Å²) in [6.45, 7) is 6.33. The summed E-state index contributed by atoms with van der Waals surface area (Å²) in [6.07, 6.45) is 6.66. The van der Waals surface area contributed by atoms with Gasteiger partial charge in [-0.05, 0) is 38.0 Å². The Balaban J connectivity index is 1.99. The van der Waals surface area contributed by atoms with Crippen LogP contribution in [-0.4, -0.2) is 17.1 Å². The first-order valence-corrected chi connectivity index (χ1v) is 8.33. The maximum Gasteiger partial charge on any atom is 0.160 e. The van der Waals surface area contributed by atoms with Crippen LogP contribution in [0.4, 0.5) is 0 Å². The lowest BCUT2D eigenvalue weighted by Gasteiger charge is -2.37. The van der Waals surface area contributed by atoms with Crippen molar-refractivity contribution in [3.05, 3.63) is 22.8 Å². The van der Waals surface area contributed by atoms with Crippen molar-refractivity contribution in [3.8, 4) is 0 Å². The molecule has 116 valence electrons. The summed E-state index contributed by atoms with van der Waals surface area (Å²) >= 11 is 0. The van der Waals surface area contributed by atoms with Crippen LogP contribution in [-0.2, 0) is 29.8 Å². The standard InChI is InChI=1S/C17H27N3O/c1-4-5-14-13-10-18-11-15(13)20-16(19-14)17(21-3)8-6-12(2)7-9-17/h12,18H,4-11H2,1-3H3. The molecule has 2 aliphatic rings. The third-order valence-corrected chi connectivity index (χ3v) is 5.14. The summed E-state index contributed by atoms with van der Waals surface area (Å²) in [7, 11) is 1.82. The fourth-order valence-corrected chi connectivity index (χ4v) is 3.63. The quantitative estimate of drug-likeness (QED) is 0.925. The van der Waals surface area contributed by atoms with Crippen LogP contribution < -0.4 is 5.32 Å². The lowest BCUT2D eigenvalue weighted by molar-refractivity contribution is -0.0600. The molecule has 0 radical (unpaired) electrons. The van der Waals surface area contributed by atoms with Crippen molar-refractivity contribution < 1.29 is 4.74 Å². The summed E-state index contributed by atoms with van der Waals surface area (Å²) in [6, 6.07) is 0. The number of hydrogen-bond donors (Lipinski definition) is 1. The van der Waals surface area contributed by atoms with Crippen LogP contribution in [0.1, 0.15) is 68.7 Å². The molecule has 1 N–H and O–H groups in total. The smallest absolute Gasteiger partial charge is 0.160 e. The van der Waals surface area contributed by atoms with E-state index in [0.717, 1.165) is 50.5 Å². The molecule has 1 fully saturated rings. The van der Waals surface area contributed by atoms with Gasteiger partial charge in [0.15, 0.2) is 5.82 Å². The van der Waals surface area contributed by atoms with Crippen molar-refractivity contribution in [2.75, 3.05) is 7.11 Å². The Hall–Kier alpha value is -1.00. The van der Waals surface area contributed by atoms with E-state index in [2.05, 4.69) is 19.2 Å². The second-order valence-electron chi connectivity index (χ2n) is 6.65. The molecular formula is C17H27N3O. The molecule has 0 spiro atoms. The highest BCUT2D eigenvalue weighted by Gasteiger charge is 2.39. The van der Waals surface area contributed by atoms with Crippen LogP contribution in [0.5, 0.6) is 0 Å². The number of hydrogen-bond acceptors (Lipinski definition) is 4. The Morgan fingerprint density at radius 1 is 1.24 bits per heavy atom. The molecule has 1 aliphatic carbocycles.